The number of sulfone groups is 1. The van der Waals surface area contributed by atoms with Gasteiger partial charge in [-0.1, -0.05) is 6.42 Å². The summed E-state index contributed by atoms with van der Waals surface area (Å²) in [7, 11) is -2.92. The molecule has 1 saturated carbocycles. The van der Waals surface area contributed by atoms with Gasteiger partial charge in [-0.25, -0.2) is 8.42 Å². The van der Waals surface area contributed by atoms with Crippen molar-refractivity contribution in [2.45, 2.75) is 55.9 Å². The average Bonchev–Trinajstić information content (AvgIpc) is 2.82. The van der Waals surface area contributed by atoms with E-state index in [1.165, 1.54) is 6.26 Å². The molecule has 2 fully saturated rings. The van der Waals surface area contributed by atoms with E-state index >= 15 is 0 Å². The van der Waals surface area contributed by atoms with Crippen molar-refractivity contribution in [3.8, 4) is 0 Å². The fourth-order valence-electron chi connectivity index (χ4n) is 3.00. The Morgan fingerprint density at radius 2 is 2.12 bits per heavy atom. The van der Waals surface area contributed by atoms with Crippen LogP contribution in [-0.2, 0) is 14.6 Å². The smallest absolute Gasteiger partial charge is 0.151 e. The third-order valence-corrected chi connectivity index (χ3v) is 5.71. The minimum absolute atomic E-state index is 0.0926. The van der Waals surface area contributed by atoms with Crippen LogP contribution in [0, 0.1) is 0 Å². The van der Waals surface area contributed by atoms with E-state index in [-0.39, 0.29) is 16.9 Å². The van der Waals surface area contributed by atoms with E-state index in [9.17, 15) is 8.42 Å². The first-order chi connectivity index (χ1) is 7.91. The summed E-state index contributed by atoms with van der Waals surface area (Å²) >= 11 is 0. The quantitative estimate of drug-likeness (QED) is 0.823. The lowest BCUT2D eigenvalue weighted by atomic mass is 10.0. The monoisotopic (exact) mass is 261 g/mol. The highest BCUT2D eigenvalue weighted by molar-refractivity contribution is 7.91. The van der Waals surface area contributed by atoms with Gasteiger partial charge in [0.2, 0.25) is 0 Å². The molecule has 0 bridgehead atoms. The van der Waals surface area contributed by atoms with Crippen molar-refractivity contribution >= 4 is 9.84 Å². The molecule has 1 saturated heterocycles. The molecule has 1 heterocycles. The van der Waals surface area contributed by atoms with Gasteiger partial charge in [0.1, 0.15) is 0 Å². The molecular formula is C12H23NO3S. The van der Waals surface area contributed by atoms with E-state index in [1.807, 2.05) is 0 Å². The molecule has 0 aromatic rings. The number of nitrogens with one attached hydrogen (secondary N) is 1. The van der Waals surface area contributed by atoms with Gasteiger partial charge in [0, 0.05) is 25.4 Å². The lowest BCUT2D eigenvalue weighted by Crippen LogP contribution is -2.46. The van der Waals surface area contributed by atoms with Crippen LogP contribution in [0.3, 0.4) is 0 Å². The first kappa shape index (κ1) is 13.3. The molecule has 0 aromatic carbocycles. The molecule has 0 radical (unpaired) electrons. The Labute approximate surface area is 104 Å². The third-order valence-electron chi connectivity index (χ3n) is 4.04. The van der Waals surface area contributed by atoms with E-state index < -0.39 is 9.84 Å². The Morgan fingerprint density at radius 1 is 1.35 bits per heavy atom. The van der Waals surface area contributed by atoms with Crippen molar-refractivity contribution < 1.29 is 13.2 Å². The van der Waals surface area contributed by atoms with Gasteiger partial charge in [-0.05, 0) is 32.6 Å². The van der Waals surface area contributed by atoms with Crippen LogP contribution in [0.1, 0.15) is 39.0 Å². The van der Waals surface area contributed by atoms with E-state index in [4.69, 9.17) is 4.74 Å². The second kappa shape index (κ2) is 4.86. The van der Waals surface area contributed by atoms with Crippen LogP contribution in [0.5, 0.6) is 0 Å². The predicted molar refractivity (Wildman–Crippen MR) is 67.9 cm³/mol. The predicted octanol–water partition coefficient (Wildman–Crippen LogP) is 1.11. The lowest BCUT2D eigenvalue weighted by Gasteiger charge is -2.27. The van der Waals surface area contributed by atoms with Gasteiger partial charge < -0.3 is 10.1 Å². The first-order valence-electron chi connectivity index (χ1n) is 6.47. The van der Waals surface area contributed by atoms with Gasteiger partial charge in [-0.2, -0.15) is 0 Å². The van der Waals surface area contributed by atoms with Crippen LogP contribution in [0.2, 0.25) is 0 Å². The summed E-state index contributed by atoms with van der Waals surface area (Å²) in [5.74, 6) is 0. The van der Waals surface area contributed by atoms with Gasteiger partial charge in [-0.15, -0.1) is 0 Å². The largest absolute Gasteiger partial charge is 0.374 e. The van der Waals surface area contributed by atoms with Crippen molar-refractivity contribution in [3.05, 3.63) is 0 Å². The third kappa shape index (κ3) is 3.20. The molecule has 3 unspecified atom stereocenters. The lowest BCUT2D eigenvalue weighted by molar-refractivity contribution is 0.0189. The molecule has 4 nitrogen and oxygen atoms in total. The molecule has 2 rings (SSSR count). The molecule has 0 aromatic heterocycles. The number of hydrogen-bond donors (Lipinski definition) is 1. The molecule has 100 valence electrons. The average molecular weight is 261 g/mol. The Morgan fingerprint density at radius 3 is 2.71 bits per heavy atom. The molecule has 0 amide bonds. The summed E-state index contributed by atoms with van der Waals surface area (Å²) in [6, 6.07) is 0.117. The molecule has 3 atom stereocenters. The number of rotatable bonds is 4. The Hall–Kier alpha value is -0.130. The van der Waals surface area contributed by atoms with E-state index in [1.54, 1.807) is 0 Å². The molecule has 5 heteroatoms. The van der Waals surface area contributed by atoms with Crippen LogP contribution in [-0.4, -0.2) is 44.7 Å². The van der Waals surface area contributed by atoms with Crippen molar-refractivity contribution in [1.29, 1.82) is 0 Å². The van der Waals surface area contributed by atoms with Crippen molar-refractivity contribution in [3.63, 3.8) is 0 Å². The van der Waals surface area contributed by atoms with Gasteiger partial charge in [0.25, 0.3) is 0 Å². The summed E-state index contributed by atoms with van der Waals surface area (Å²) in [6.07, 6.45) is 6.30. The summed E-state index contributed by atoms with van der Waals surface area (Å²) < 4.78 is 29.0. The maximum Gasteiger partial charge on any atom is 0.151 e. The Bertz CT molecular complexity index is 360. The molecule has 17 heavy (non-hydrogen) atoms. The van der Waals surface area contributed by atoms with Crippen molar-refractivity contribution in [2.75, 3.05) is 19.4 Å². The summed E-state index contributed by atoms with van der Waals surface area (Å²) in [5, 5.41) is 3.22. The Balaban J connectivity index is 1.90. The number of hydrogen-bond acceptors (Lipinski definition) is 4. The topological polar surface area (TPSA) is 55.4 Å². The SMILES string of the molecule is CC1(CNC2CCCC2S(C)(=O)=O)CCCO1. The first-order valence-corrected chi connectivity index (χ1v) is 8.42. The normalized spacial score (nSPS) is 38.7. The minimum Gasteiger partial charge on any atom is -0.374 e. The molecule has 2 aliphatic rings. The highest BCUT2D eigenvalue weighted by Gasteiger charge is 2.37. The zero-order valence-corrected chi connectivity index (χ0v) is 11.6. The van der Waals surface area contributed by atoms with Crippen LogP contribution >= 0.6 is 0 Å². The van der Waals surface area contributed by atoms with Crippen molar-refractivity contribution in [2.24, 2.45) is 0 Å². The zero-order valence-electron chi connectivity index (χ0n) is 10.7. The van der Waals surface area contributed by atoms with Crippen molar-refractivity contribution in [1.82, 2.24) is 5.32 Å². The van der Waals surface area contributed by atoms with Crippen LogP contribution in [0.25, 0.3) is 0 Å². The Kier molecular flexibility index (Phi) is 3.80. The van der Waals surface area contributed by atoms with Gasteiger partial charge >= 0.3 is 0 Å². The molecule has 1 aliphatic carbocycles. The zero-order chi connectivity index (χ0) is 12.5. The maximum absolute atomic E-state index is 11.6. The van der Waals surface area contributed by atoms with Gasteiger partial charge in [0.05, 0.1) is 10.9 Å². The summed E-state index contributed by atoms with van der Waals surface area (Å²) in [4.78, 5) is 0. The van der Waals surface area contributed by atoms with Crippen LogP contribution < -0.4 is 5.32 Å². The fraction of sp³-hybridized carbons (Fsp3) is 1.00. The van der Waals surface area contributed by atoms with Gasteiger partial charge in [-0.3, -0.25) is 0 Å². The maximum atomic E-state index is 11.6. The highest BCUT2D eigenvalue weighted by atomic mass is 32.2. The van der Waals surface area contributed by atoms with Crippen LogP contribution in [0.4, 0.5) is 0 Å². The molecule has 1 aliphatic heterocycles. The second-order valence-corrected chi connectivity index (χ2v) is 7.95. The summed E-state index contributed by atoms with van der Waals surface area (Å²) in [6.45, 7) is 3.71. The standard InChI is InChI=1S/C12H23NO3S/c1-12(7-4-8-16-12)9-13-10-5-3-6-11(10)17(2,14)15/h10-11,13H,3-9H2,1-2H3. The molecule has 1 N–H and O–H groups in total. The minimum atomic E-state index is -2.92. The second-order valence-electron chi connectivity index (χ2n) is 5.69. The highest BCUT2D eigenvalue weighted by Crippen LogP contribution is 2.28. The molecular weight excluding hydrogens is 238 g/mol. The van der Waals surface area contributed by atoms with Crippen LogP contribution in [0.15, 0.2) is 0 Å². The van der Waals surface area contributed by atoms with E-state index in [0.29, 0.717) is 0 Å². The van der Waals surface area contributed by atoms with E-state index in [0.717, 1.165) is 45.3 Å². The molecule has 0 spiro atoms. The summed E-state index contributed by atoms with van der Waals surface area (Å²) in [5.41, 5.74) is -0.0926. The fourth-order valence-corrected chi connectivity index (χ4v) is 4.42. The number of ether oxygens (including phenoxy) is 1. The van der Waals surface area contributed by atoms with Gasteiger partial charge in [0.15, 0.2) is 9.84 Å². The van der Waals surface area contributed by atoms with E-state index in [2.05, 4.69) is 12.2 Å².